The maximum absolute atomic E-state index is 11.5. The van der Waals surface area contributed by atoms with Crippen molar-refractivity contribution in [3.05, 3.63) is 0 Å². The van der Waals surface area contributed by atoms with Crippen molar-refractivity contribution >= 4 is 6.03 Å². The van der Waals surface area contributed by atoms with E-state index in [4.69, 9.17) is 4.74 Å². The second-order valence-corrected chi connectivity index (χ2v) is 3.63. The van der Waals surface area contributed by atoms with Gasteiger partial charge in [0.1, 0.15) is 0 Å². The van der Waals surface area contributed by atoms with Gasteiger partial charge in [0.2, 0.25) is 0 Å². The SMILES string of the molecule is COCCCNC(=O)N1CCCCC1. The number of rotatable bonds is 4. The second-order valence-electron chi connectivity index (χ2n) is 3.63. The fourth-order valence-corrected chi connectivity index (χ4v) is 1.62. The molecule has 14 heavy (non-hydrogen) atoms. The lowest BCUT2D eigenvalue weighted by Gasteiger charge is -2.26. The van der Waals surface area contributed by atoms with Crippen LogP contribution < -0.4 is 5.32 Å². The lowest BCUT2D eigenvalue weighted by atomic mass is 10.1. The number of hydrogen-bond acceptors (Lipinski definition) is 2. The number of nitrogens with zero attached hydrogens (tertiary/aromatic N) is 1. The van der Waals surface area contributed by atoms with Crippen LogP contribution in [0.1, 0.15) is 25.7 Å². The Labute approximate surface area is 85.6 Å². The number of piperidine rings is 1. The highest BCUT2D eigenvalue weighted by Gasteiger charge is 2.14. The summed E-state index contributed by atoms with van der Waals surface area (Å²) >= 11 is 0. The molecule has 0 atom stereocenters. The molecule has 1 fully saturated rings. The molecule has 0 saturated carbocycles. The minimum absolute atomic E-state index is 0.0841. The van der Waals surface area contributed by atoms with Gasteiger partial charge in [0.15, 0.2) is 0 Å². The summed E-state index contributed by atoms with van der Waals surface area (Å²) in [6, 6.07) is 0.0841. The van der Waals surface area contributed by atoms with Crippen LogP contribution in [0.15, 0.2) is 0 Å². The van der Waals surface area contributed by atoms with Crippen LogP contribution in [0.3, 0.4) is 0 Å². The van der Waals surface area contributed by atoms with Gasteiger partial charge in [0.25, 0.3) is 0 Å². The van der Waals surface area contributed by atoms with Crippen LogP contribution in [0, 0.1) is 0 Å². The Bertz CT molecular complexity index is 168. The van der Waals surface area contributed by atoms with E-state index in [2.05, 4.69) is 5.32 Å². The third-order valence-electron chi connectivity index (χ3n) is 2.44. The van der Waals surface area contributed by atoms with Crippen molar-refractivity contribution in [3.63, 3.8) is 0 Å². The molecule has 1 rings (SSSR count). The van der Waals surface area contributed by atoms with Crippen LogP contribution in [0.25, 0.3) is 0 Å². The summed E-state index contributed by atoms with van der Waals surface area (Å²) in [5.41, 5.74) is 0. The van der Waals surface area contributed by atoms with Gasteiger partial charge in [-0.1, -0.05) is 0 Å². The molecule has 0 unspecified atom stereocenters. The number of ether oxygens (including phenoxy) is 1. The van der Waals surface area contributed by atoms with Gasteiger partial charge < -0.3 is 15.0 Å². The highest BCUT2D eigenvalue weighted by atomic mass is 16.5. The van der Waals surface area contributed by atoms with Gasteiger partial charge in [0.05, 0.1) is 0 Å². The van der Waals surface area contributed by atoms with Gasteiger partial charge in [0, 0.05) is 33.4 Å². The number of amides is 2. The van der Waals surface area contributed by atoms with E-state index in [1.165, 1.54) is 6.42 Å². The number of likely N-dealkylation sites (tertiary alicyclic amines) is 1. The molecule has 0 spiro atoms. The molecule has 0 aromatic carbocycles. The standard InChI is InChI=1S/C10H20N2O2/c1-14-9-5-6-11-10(13)12-7-3-2-4-8-12/h2-9H2,1H3,(H,11,13). The first-order valence-electron chi connectivity index (χ1n) is 5.36. The molecule has 1 aliphatic rings. The average Bonchev–Trinajstić information content (AvgIpc) is 2.25. The lowest BCUT2D eigenvalue weighted by Crippen LogP contribution is -2.43. The van der Waals surface area contributed by atoms with Gasteiger partial charge in [-0.15, -0.1) is 0 Å². The van der Waals surface area contributed by atoms with E-state index in [0.717, 1.165) is 32.4 Å². The molecule has 0 radical (unpaired) electrons. The van der Waals surface area contributed by atoms with E-state index in [-0.39, 0.29) is 6.03 Å². The van der Waals surface area contributed by atoms with E-state index < -0.39 is 0 Å². The topological polar surface area (TPSA) is 41.6 Å². The number of carbonyl (C=O) groups excluding carboxylic acids is 1. The number of hydrogen-bond donors (Lipinski definition) is 1. The van der Waals surface area contributed by atoms with Gasteiger partial charge >= 0.3 is 6.03 Å². The summed E-state index contributed by atoms with van der Waals surface area (Å²) in [6.07, 6.45) is 4.43. The van der Waals surface area contributed by atoms with Crippen LogP contribution in [0.4, 0.5) is 4.79 Å². The quantitative estimate of drug-likeness (QED) is 0.693. The van der Waals surface area contributed by atoms with E-state index >= 15 is 0 Å². The summed E-state index contributed by atoms with van der Waals surface area (Å²) in [4.78, 5) is 13.4. The Morgan fingerprint density at radius 2 is 2.07 bits per heavy atom. The van der Waals surface area contributed by atoms with Crippen molar-refractivity contribution < 1.29 is 9.53 Å². The van der Waals surface area contributed by atoms with Gasteiger partial charge in [-0.3, -0.25) is 0 Å². The Hall–Kier alpha value is -0.770. The molecule has 1 heterocycles. The Balaban J connectivity index is 2.07. The highest BCUT2D eigenvalue weighted by molar-refractivity contribution is 5.74. The monoisotopic (exact) mass is 200 g/mol. The van der Waals surface area contributed by atoms with Crippen LogP contribution >= 0.6 is 0 Å². The van der Waals surface area contributed by atoms with E-state index in [1.54, 1.807) is 7.11 Å². The molecule has 0 bridgehead atoms. The van der Waals surface area contributed by atoms with E-state index in [0.29, 0.717) is 13.2 Å². The zero-order valence-corrected chi connectivity index (χ0v) is 8.92. The average molecular weight is 200 g/mol. The Morgan fingerprint density at radius 3 is 2.71 bits per heavy atom. The first-order valence-corrected chi connectivity index (χ1v) is 5.36. The molecular weight excluding hydrogens is 180 g/mol. The minimum atomic E-state index is 0.0841. The zero-order chi connectivity index (χ0) is 10.2. The van der Waals surface area contributed by atoms with E-state index in [1.807, 2.05) is 4.90 Å². The third kappa shape index (κ3) is 3.96. The molecule has 1 N–H and O–H groups in total. The number of carbonyl (C=O) groups is 1. The Kier molecular flexibility index (Phi) is 5.37. The summed E-state index contributed by atoms with van der Waals surface area (Å²) < 4.78 is 4.90. The molecule has 0 aromatic rings. The lowest BCUT2D eigenvalue weighted by molar-refractivity contribution is 0.178. The van der Waals surface area contributed by atoms with Crippen molar-refractivity contribution in [2.45, 2.75) is 25.7 Å². The molecule has 82 valence electrons. The number of methoxy groups -OCH3 is 1. The molecule has 1 saturated heterocycles. The molecular formula is C10H20N2O2. The maximum atomic E-state index is 11.5. The van der Waals surface area contributed by atoms with E-state index in [9.17, 15) is 4.79 Å². The fourth-order valence-electron chi connectivity index (χ4n) is 1.62. The van der Waals surface area contributed by atoms with Crippen molar-refractivity contribution in [2.24, 2.45) is 0 Å². The molecule has 4 heteroatoms. The normalized spacial score (nSPS) is 16.8. The molecule has 4 nitrogen and oxygen atoms in total. The van der Waals surface area contributed by atoms with Gasteiger partial charge in [-0.25, -0.2) is 4.79 Å². The zero-order valence-electron chi connectivity index (χ0n) is 8.92. The first-order chi connectivity index (χ1) is 6.84. The van der Waals surface area contributed by atoms with Crippen LogP contribution in [0.5, 0.6) is 0 Å². The van der Waals surface area contributed by atoms with Crippen LogP contribution in [0.2, 0.25) is 0 Å². The van der Waals surface area contributed by atoms with Crippen molar-refractivity contribution in [3.8, 4) is 0 Å². The fraction of sp³-hybridized carbons (Fsp3) is 0.900. The van der Waals surface area contributed by atoms with Gasteiger partial charge in [-0.05, 0) is 25.7 Å². The molecule has 2 amide bonds. The predicted octanol–water partition coefficient (Wildman–Crippen LogP) is 1.22. The number of nitrogens with one attached hydrogen (secondary N) is 1. The molecule has 0 aliphatic carbocycles. The summed E-state index contributed by atoms with van der Waals surface area (Å²) in [5.74, 6) is 0. The first kappa shape index (κ1) is 11.3. The third-order valence-corrected chi connectivity index (χ3v) is 2.44. The second kappa shape index (κ2) is 6.65. The highest BCUT2D eigenvalue weighted by Crippen LogP contribution is 2.08. The van der Waals surface area contributed by atoms with Crippen LogP contribution in [-0.4, -0.2) is 44.3 Å². The van der Waals surface area contributed by atoms with Crippen molar-refractivity contribution in [1.82, 2.24) is 10.2 Å². The van der Waals surface area contributed by atoms with Gasteiger partial charge in [-0.2, -0.15) is 0 Å². The largest absolute Gasteiger partial charge is 0.385 e. The predicted molar refractivity (Wildman–Crippen MR) is 55.3 cm³/mol. The summed E-state index contributed by atoms with van der Waals surface area (Å²) in [5, 5.41) is 2.89. The molecule has 0 aromatic heterocycles. The Morgan fingerprint density at radius 1 is 1.36 bits per heavy atom. The maximum Gasteiger partial charge on any atom is 0.317 e. The molecule has 1 aliphatic heterocycles. The van der Waals surface area contributed by atoms with Crippen LogP contribution in [-0.2, 0) is 4.74 Å². The van der Waals surface area contributed by atoms with Crippen molar-refractivity contribution in [1.29, 1.82) is 0 Å². The number of urea groups is 1. The smallest absolute Gasteiger partial charge is 0.317 e. The minimum Gasteiger partial charge on any atom is -0.385 e. The summed E-state index contributed by atoms with van der Waals surface area (Å²) in [7, 11) is 1.67. The summed E-state index contributed by atoms with van der Waals surface area (Å²) in [6.45, 7) is 3.25. The van der Waals surface area contributed by atoms with Crippen molar-refractivity contribution in [2.75, 3.05) is 33.4 Å².